The predicted molar refractivity (Wildman–Crippen MR) is 75.0 cm³/mol. The van der Waals surface area contributed by atoms with Crippen LogP contribution < -0.4 is 0 Å². The lowest BCUT2D eigenvalue weighted by molar-refractivity contribution is 0.0870. The largest absolute Gasteiger partial charge is 0.461 e. The van der Waals surface area contributed by atoms with E-state index in [0.717, 1.165) is 6.54 Å². The van der Waals surface area contributed by atoms with Crippen LogP contribution in [0.1, 0.15) is 30.0 Å². The molecule has 0 aliphatic rings. The molecule has 0 radical (unpaired) electrons. The summed E-state index contributed by atoms with van der Waals surface area (Å²) in [6.45, 7) is 5.34. The highest BCUT2D eigenvalue weighted by Crippen LogP contribution is 2.10. The van der Waals surface area contributed by atoms with Gasteiger partial charge in [0.25, 0.3) is 0 Å². The van der Waals surface area contributed by atoms with E-state index in [-0.39, 0.29) is 5.78 Å². The molecule has 0 saturated heterocycles. The Morgan fingerprint density at radius 1 is 1.16 bits per heavy atom. The first-order valence-corrected chi connectivity index (χ1v) is 6.51. The highest BCUT2D eigenvalue weighted by molar-refractivity contribution is 5.95. The summed E-state index contributed by atoms with van der Waals surface area (Å²) < 4.78 is 5.15. The van der Waals surface area contributed by atoms with Gasteiger partial charge in [-0.2, -0.15) is 0 Å². The minimum absolute atomic E-state index is 0.0228. The second-order valence-electron chi connectivity index (χ2n) is 4.88. The molecule has 0 atom stereocenters. The average molecular weight is 257 g/mol. The molecule has 19 heavy (non-hydrogen) atoms. The second-order valence-corrected chi connectivity index (χ2v) is 4.88. The summed E-state index contributed by atoms with van der Waals surface area (Å²) in [5, 5.41) is 0. The normalized spacial score (nSPS) is 11.2. The van der Waals surface area contributed by atoms with Gasteiger partial charge >= 0.3 is 0 Å². The van der Waals surface area contributed by atoms with E-state index >= 15 is 0 Å². The molecule has 3 nitrogen and oxygen atoms in total. The van der Waals surface area contributed by atoms with Gasteiger partial charge in [-0.15, -0.1) is 0 Å². The zero-order valence-corrected chi connectivity index (χ0v) is 11.4. The summed E-state index contributed by atoms with van der Waals surface area (Å²) in [6, 6.07) is 13.9. The number of Topliss-reactive ketones (excluding diaryl/α,β-unsaturated/α-hetero) is 1. The van der Waals surface area contributed by atoms with Crippen molar-refractivity contribution in [1.82, 2.24) is 4.90 Å². The topological polar surface area (TPSA) is 33.5 Å². The highest BCUT2D eigenvalue weighted by Gasteiger charge is 2.17. The lowest BCUT2D eigenvalue weighted by Gasteiger charge is -2.25. The van der Waals surface area contributed by atoms with Gasteiger partial charge in [-0.25, -0.2) is 0 Å². The molecular weight excluding hydrogens is 238 g/mol. The molecule has 1 heterocycles. The average Bonchev–Trinajstić information content (AvgIpc) is 2.93. The maximum atomic E-state index is 12.1. The van der Waals surface area contributed by atoms with Crippen LogP contribution in [0, 0.1) is 0 Å². The molecule has 2 rings (SSSR count). The third-order valence-corrected chi connectivity index (χ3v) is 3.10. The lowest BCUT2D eigenvalue weighted by atomic mass is 10.1. The molecule has 100 valence electrons. The van der Waals surface area contributed by atoms with Gasteiger partial charge in [0.2, 0.25) is 5.78 Å². The molecule has 0 N–H and O–H groups in total. The first-order chi connectivity index (χ1) is 9.16. The summed E-state index contributed by atoms with van der Waals surface area (Å²) in [6.07, 6.45) is 1.53. The van der Waals surface area contributed by atoms with E-state index < -0.39 is 0 Å². The second kappa shape index (κ2) is 6.34. The monoisotopic (exact) mass is 257 g/mol. The molecule has 2 aromatic rings. The molecule has 0 unspecified atom stereocenters. The Balaban J connectivity index is 2.03. The van der Waals surface area contributed by atoms with Crippen molar-refractivity contribution in [2.75, 3.05) is 6.54 Å². The zero-order valence-electron chi connectivity index (χ0n) is 11.4. The first-order valence-electron chi connectivity index (χ1n) is 6.51. The molecule has 0 fully saturated rings. The molecule has 0 aliphatic carbocycles. The molecule has 0 spiro atoms. The maximum absolute atomic E-state index is 12.1. The third-order valence-electron chi connectivity index (χ3n) is 3.10. The minimum atomic E-state index is 0.0228. The van der Waals surface area contributed by atoms with E-state index in [1.165, 1.54) is 11.8 Å². The van der Waals surface area contributed by atoms with Gasteiger partial charge in [-0.05, 0) is 31.5 Å². The van der Waals surface area contributed by atoms with E-state index in [1.54, 1.807) is 12.1 Å². The van der Waals surface area contributed by atoms with E-state index in [9.17, 15) is 4.79 Å². The van der Waals surface area contributed by atoms with Crippen LogP contribution in [0.3, 0.4) is 0 Å². The molecule has 3 heteroatoms. The summed E-state index contributed by atoms with van der Waals surface area (Å²) in [5.74, 6) is 0.452. The fraction of sp³-hybridized carbons (Fsp3) is 0.312. The third kappa shape index (κ3) is 3.80. The van der Waals surface area contributed by atoms with Crippen molar-refractivity contribution < 1.29 is 9.21 Å². The van der Waals surface area contributed by atoms with Gasteiger partial charge in [-0.3, -0.25) is 9.69 Å². The van der Waals surface area contributed by atoms with Crippen LogP contribution >= 0.6 is 0 Å². The summed E-state index contributed by atoms with van der Waals surface area (Å²) >= 11 is 0. The van der Waals surface area contributed by atoms with Crippen molar-refractivity contribution in [2.24, 2.45) is 0 Å². The lowest BCUT2D eigenvalue weighted by Crippen LogP contribution is -2.35. The molecule has 1 aromatic heterocycles. The van der Waals surface area contributed by atoms with Crippen LogP contribution in [0.25, 0.3) is 0 Å². The van der Waals surface area contributed by atoms with Crippen molar-refractivity contribution in [1.29, 1.82) is 0 Å². The molecule has 0 amide bonds. The minimum Gasteiger partial charge on any atom is -0.461 e. The predicted octanol–water partition coefficient (Wildman–Crippen LogP) is 3.37. The number of rotatable bonds is 6. The molecule has 0 saturated carbocycles. The smallest absolute Gasteiger partial charge is 0.211 e. The van der Waals surface area contributed by atoms with Crippen LogP contribution in [0.5, 0.6) is 0 Å². The summed E-state index contributed by atoms with van der Waals surface area (Å²) in [7, 11) is 0. The van der Waals surface area contributed by atoms with Gasteiger partial charge in [0.05, 0.1) is 12.8 Å². The molecule has 0 aliphatic heterocycles. The molecule has 0 bridgehead atoms. The van der Waals surface area contributed by atoms with Crippen molar-refractivity contribution >= 4 is 5.78 Å². The Hall–Kier alpha value is -1.87. The standard InChI is InChI=1S/C16H19NO2/c1-13(2)17(11-14-7-4-3-5-8-14)12-15(18)16-9-6-10-19-16/h3-10,13H,11-12H2,1-2H3. The number of hydrogen-bond donors (Lipinski definition) is 0. The van der Waals surface area contributed by atoms with Crippen molar-refractivity contribution in [3.05, 3.63) is 60.1 Å². The quantitative estimate of drug-likeness (QED) is 0.744. The summed E-state index contributed by atoms with van der Waals surface area (Å²) in [4.78, 5) is 14.2. The molecular formula is C16H19NO2. The van der Waals surface area contributed by atoms with Crippen molar-refractivity contribution in [3.63, 3.8) is 0 Å². The number of carbonyl (C=O) groups excluding carboxylic acids is 1. The Morgan fingerprint density at radius 3 is 2.47 bits per heavy atom. The number of nitrogens with zero attached hydrogens (tertiary/aromatic N) is 1. The van der Waals surface area contributed by atoms with Crippen LogP contribution in [0.4, 0.5) is 0 Å². The van der Waals surface area contributed by atoms with Gasteiger partial charge in [0.1, 0.15) is 0 Å². The Bertz CT molecular complexity index is 503. The number of benzene rings is 1. The number of ketones is 1. The van der Waals surface area contributed by atoms with Gasteiger partial charge in [-0.1, -0.05) is 30.3 Å². The van der Waals surface area contributed by atoms with E-state index in [1.807, 2.05) is 18.2 Å². The molecule has 1 aromatic carbocycles. The SMILES string of the molecule is CC(C)N(CC(=O)c1ccco1)Cc1ccccc1. The Kier molecular flexibility index (Phi) is 4.53. The van der Waals surface area contributed by atoms with Crippen LogP contribution in [-0.4, -0.2) is 23.3 Å². The van der Waals surface area contributed by atoms with E-state index in [4.69, 9.17) is 4.42 Å². The number of furan rings is 1. The van der Waals surface area contributed by atoms with Gasteiger partial charge in [0, 0.05) is 12.6 Å². The van der Waals surface area contributed by atoms with E-state index in [2.05, 4.69) is 30.9 Å². The Morgan fingerprint density at radius 2 is 1.89 bits per heavy atom. The van der Waals surface area contributed by atoms with Crippen LogP contribution in [0.15, 0.2) is 53.1 Å². The fourth-order valence-electron chi connectivity index (χ4n) is 1.94. The first kappa shape index (κ1) is 13.6. The van der Waals surface area contributed by atoms with Crippen LogP contribution in [0.2, 0.25) is 0 Å². The van der Waals surface area contributed by atoms with Crippen LogP contribution in [-0.2, 0) is 6.54 Å². The fourth-order valence-corrected chi connectivity index (χ4v) is 1.94. The number of hydrogen-bond acceptors (Lipinski definition) is 3. The van der Waals surface area contributed by atoms with E-state index in [0.29, 0.717) is 18.3 Å². The van der Waals surface area contributed by atoms with Crippen molar-refractivity contribution in [2.45, 2.75) is 26.4 Å². The summed E-state index contributed by atoms with van der Waals surface area (Å²) in [5.41, 5.74) is 1.21. The van der Waals surface area contributed by atoms with Gasteiger partial charge in [0.15, 0.2) is 5.76 Å². The van der Waals surface area contributed by atoms with Gasteiger partial charge < -0.3 is 4.42 Å². The maximum Gasteiger partial charge on any atom is 0.211 e. The number of carbonyl (C=O) groups is 1. The van der Waals surface area contributed by atoms with Crippen molar-refractivity contribution in [3.8, 4) is 0 Å². The Labute approximate surface area is 113 Å². The zero-order chi connectivity index (χ0) is 13.7. The highest BCUT2D eigenvalue weighted by atomic mass is 16.3.